The van der Waals surface area contributed by atoms with Gasteiger partial charge in [0, 0.05) is 11.1 Å². The molecule has 1 fully saturated rings. The smallest absolute Gasteiger partial charge is 0.268 e. The van der Waals surface area contributed by atoms with E-state index in [1.165, 1.54) is 0 Å². The van der Waals surface area contributed by atoms with Crippen LogP contribution in [0.2, 0.25) is 0 Å². The van der Waals surface area contributed by atoms with Crippen LogP contribution in [-0.4, -0.2) is 16.1 Å². The number of rotatable bonds is 0. The molecule has 0 atom stereocenters. The molecule has 0 saturated carbocycles. The van der Waals surface area contributed by atoms with Gasteiger partial charge in [-0.25, -0.2) is 4.31 Å². The minimum Gasteiger partial charge on any atom is -0.268 e. The van der Waals surface area contributed by atoms with Gasteiger partial charge < -0.3 is 0 Å². The van der Waals surface area contributed by atoms with Gasteiger partial charge >= 0.3 is 0 Å². The highest BCUT2D eigenvalue weighted by molar-refractivity contribution is 7.79. The summed E-state index contributed by atoms with van der Waals surface area (Å²) >= 11 is 3.79. The Balaban J connectivity index is 2.52. The van der Waals surface area contributed by atoms with E-state index >= 15 is 0 Å². The van der Waals surface area contributed by atoms with Crippen molar-refractivity contribution in [1.82, 2.24) is 4.31 Å². The summed E-state index contributed by atoms with van der Waals surface area (Å²) in [6.07, 6.45) is 5.26. The largest absolute Gasteiger partial charge is 0.271 e. The van der Waals surface area contributed by atoms with E-state index in [1.54, 1.807) is 12.2 Å². The summed E-state index contributed by atoms with van der Waals surface area (Å²) < 4.78 is 0.864. The zero-order valence-electron chi connectivity index (χ0n) is 6.28. The van der Waals surface area contributed by atoms with Crippen LogP contribution in [0.15, 0.2) is 23.3 Å². The molecule has 1 aliphatic heterocycles. The first kappa shape index (κ1) is 7.61. The van der Waals surface area contributed by atoms with Gasteiger partial charge in [-0.3, -0.25) is 9.59 Å². The Morgan fingerprint density at radius 2 is 1.50 bits per heavy atom. The van der Waals surface area contributed by atoms with Gasteiger partial charge in [-0.2, -0.15) is 0 Å². The standard InChI is InChI=1S/C8H7NO2S/c10-7-5-3-1-2-4-6(5)8(11)9(7)12/h3-4,12H,1-2H2. The number of thiol groups is 1. The molecule has 0 radical (unpaired) electrons. The molecule has 1 heterocycles. The number of hydrogen-bond donors (Lipinski definition) is 1. The second kappa shape index (κ2) is 2.48. The van der Waals surface area contributed by atoms with Crippen LogP contribution < -0.4 is 0 Å². The number of nitrogens with zero attached hydrogens (tertiary/aromatic N) is 1. The average molecular weight is 181 g/mol. The van der Waals surface area contributed by atoms with Crippen LogP contribution >= 0.6 is 12.8 Å². The van der Waals surface area contributed by atoms with E-state index in [1.807, 2.05) is 0 Å². The number of hydrogen-bond acceptors (Lipinski definition) is 3. The van der Waals surface area contributed by atoms with Crippen molar-refractivity contribution in [2.45, 2.75) is 12.8 Å². The highest BCUT2D eigenvalue weighted by atomic mass is 32.1. The summed E-state index contributed by atoms with van der Waals surface area (Å²) in [5, 5.41) is 0. The summed E-state index contributed by atoms with van der Waals surface area (Å²) in [6.45, 7) is 0. The molecule has 0 aromatic rings. The first-order valence-corrected chi connectivity index (χ1v) is 4.10. The molecule has 2 aliphatic rings. The van der Waals surface area contributed by atoms with Crippen molar-refractivity contribution in [3.05, 3.63) is 23.3 Å². The molecule has 0 N–H and O–H groups in total. The predicted octanol–water partition coefficient (Wildman–Crippen LogP) is 0.847. The van der Waals surface area contributed by atoms with Gasteiger partial charge in [-0.05, 0) is 12.8 Å². The number of carbonyl (C=O) groups excluding carboxylic acids is 2. The lowest BCUT2D eigenvalue weighted by Crippen LogP contribution is -2.18. The van der Waals surface area contributed by atoms with E-state index in [-0.39, 0.29) is 11.8 Å². The fraction of sp³-hybridized carbons (Fsp3) is 0.250. The van der Waals surface area contributed by atoms with Gasteiger partial charge in [0.15, 0.2) is 0 Å². The van der Waals surface area contributed by atoms with Crippen LogP contribution in [0.3, 0.4) is 0 Å². The first-order chi connectivity index (χ1) is 5.72. The van der Waals surface area contributed by atoms with Gasteiger partial charge in [-0.1, -0.05) is 25.0 Å². The maximum atomic E-state index is 11.3. The zero-order valence-corrected chi connectivity index (χ0v) is 7.17. The number of allylic oxidation sites excluding steroid dienone is 2. The fourth-order valence-electron chi connectivity index (χ4n) is 1.40. The zero-order chi connectivity index (χ0) is 8.72. The van der Waals surface area contributed by atoms with Crippen LogP contribution in [0.5, 0.6) is 0 Å². The van der Waals surface area contributed by atoms with E-state index in [9.17, 15) is 9.59 Å². The fourth-order valence-corrected chi connectivity index (χ4v) is 1.62. The van der Waals surface area contributed by atoms with Gasteiger partial charge in [0.2, 0.25) is 0 Å². The lowest BCUT2D eigenvalue weighted by atomic mass is 10.0. The molecular weight excluding hydrogens is 174 g/mol. The Kier molecular flexibility index (Phi) is 1.58. The summed E-state index contributed by atoms with van der Waals surface area (Å²) in [5.41, 5.74) is 1.03. The van der Waals surface area contributed by atoms with Gasteiger partial charge in [0.1, 0.15) is 0 Å². The topological polar surface area (TPSA) is 37.4 Å². The Labute approximate surface area is 75.3 Å². The maximum Gasteiger partial charge on any atom is 0.271 e. The molecule has 12 heavy (non-hydrogen) atoms. The van der Waals surface area contributed by atoms with Gasteiger partial charge in [0.05, 0.1) is 0 Å². The molecule has 2 rings (SSSR count). The van der Waals surface area contributed by atoms with Crippen molar-refractivity contribution in [3.8, 4) is 0 Å². The van der Waals surface area contributed by atoms with E-state index in [4.69, 9.17) is 0 Å². The molecule has 3 nitrogen and oxygen atoms in total. The lowest BCUT2D eigenvalue weighted by Gasteiger charge is -2.00. The summed E-state index contributed by atoms with van der Waals surface area (Å²) in [4.78, 5) is 22.5. The maximum absolute atomic E-state index is 11.3. The Morgan fingerprint density at radius 3 is 1.92 bits per heavy atom. The minimum atomic E-state index is -0.297. The van der Waals surface area contributed by atoms with E-state index in [0.29, 0.717) is 11.1 Å². The molecule has 1 saturated heterocycles. The van der Waals surface area contributed by atoms with Crippen molar-refractivity contribution in [2.24, 2.45) is 0 Å². The molecule has 0 aromatic heterocycles. The second-order valence-electron chi connectivity index (χ2n) is 2.74. The molecule has 0 unspecified atom stereocenters. The van der Waals surface area contributed by atoms with Crippen LogP contribution in [0.4, 0.5) is 0 Å². The molecule has 0 spiro atoms. The molecule has 2 amide bonds. The summed E-state index contributed by atoms with van der Waals surface area (Å²) in [6, 6.07) is 0. The third-order valence-electron chi connectivity index (χ3n) is 2.00. The molecule has 0 aromatic carbocycles. The molecule has 62 valence electrons. The minimum absolute atomic E-state index is 0.297. The number of carbonyl (C=O) groups is 2. The summed E-state index contributed by atoms with van der Waals surface area (Å²) in [5.74, 6) is -0.594. The average Bonchev–Trinajstić information content (AvgIpc) is 2.33. The SMILES string of the molecule is O=C1C2=CCCC=C2C(=O)N1S. The first-order valence-electron chi connectivity index (χ1n) is 3.70. The Bertz CT molecular complexity index is 298. The van der Waals surface area contributed by atoms with E-state index < -0.39 is 0 Å². The highest BCUT2D eigenvalue weighted by Gasteiger charge is 2.37. The molecule has 4 heteroatoms. The molecule has 1 aliphatic carbocycles. The normalized spacial score (nSPS) is 22.2. The van der Waals surface area contributed by atoms with Crippen molar-refractivity contribution in [2.75, 3.05) is 0 Å². The monoisotopic (exact) mass is 181 g/mol. The van der Waals surface area contributed by atoms with Crippen molar-refractivity contribution in [1.29, 1.82) is 0 Å². The predicted molar refractivity (Wildman–Crippen MR) is 46.2 cm³/mol. The second-order valence-corrected chi connectivity index (χ2v) is 3.14. The van der Waals surface area contributed by atoms with Gasteiger partial charge in [-0.15, -0.1) is 0 Å². The van der Waals surface area contributed by atoms with Crippen molar-refractivity contribution >= 4 is 24.6 Å². The lowest BCUT2D eigenvalue weighted by molar-refractivity contribution is -0.130. The molecule has 0 bridgehead atoms. The Hall–Kier alpha value is -1.03. The van der Waals surface area contributed by atoms with Crippen LogP contribution in [-0.2, 0) is 9.59 Å². The van der Waals surface area contributed by atoms with Crippen LogP contribution in [0.25, 0.3) is 0 Å². The number of amides is 2. The van der Waals surface area contributed by atoms with Gasteiger partial charge in [0.25, 0.3) is 11.8 Å². The summed E-state index contributed by atoms with van der Waals surface area (Å²) in [7, 11) is 0. The third-order valence-corrected chi connectivity index (χ3v) is 2.36. The number of fused-ring (bicyclic) bond motifs is 1. The van der Waals surface area contributed by atoms with Crippen molar-refractivity contribution in [3.63, 3.8) is 0 Å². The molecular formula is C8H7NO2S. The third kappa shape index (κ3) is 0.845. The number of imide groups is 1. The highest BCUT2D eigenvalue weighted by Crippen LogP contribution is 2.29. The quantitative estimate of drug-likeness (QED) is 0.444. The van der Waals surface area contributed by atoms with E-state index in [2.05, 4.69) is 12.8 Å². The Morgan fingerprint density at radius 1 is 1.08 bits per heavy atom. The van der Waals surface area contributed by atoms with Crippen LogP contribution in [0, 0.1) is 0 Å². The van der Waals surface area contributed by atoms with Crippen LogP contribution in [0.1, 0.15) is 12.8 Å². The van der Waals surface area contributed by atoms with Crippen molar-refractivity contribution < 1.29 is 9.59 Å². The van der Waals surface area contributed by atoms with E-state index in [0.717, 1.165) is 17.1 Å².